The van der Waals surface area contributed by atoms with Crippen LogP contribution >= 0.6 is 0 Å². The Hall–Kier alpha value is -0.240. The van der Waals surface area contributed by atoms with Crippen molar-refractivity contribution < 1.29 is 23.7 Å². The largest absolute Gasteiger partial charge is 0.382 e. The van der Waals surface area contributed by atoms with Crippen LogP contribution in [-0.4, -0.2) is 79.2 Å². The van der Waals surface area contributed by atoms with E-state index in [1.165, 1.54) is 0 Å². The fourth-order valence-electron chi connectivity index (χ4n) is 2.07. The summed E-state index contributed by atoms with van der Waals surface area (Å²) < 4.78 is 26.6. The van der Waals surface area contributed by atoms with Crippen molar-refractivity contribution in [3.8, 4) is 0 Å². The molecule has 1 rings (SSSR count). The van der Waals surface area contributed by atoms with Crippen molar-refractivity contribution in [2.24, 2.45) is 0 Å². The standard InChI is InChI=1S/C13H27NO5/c1-14-11-10-12(13(11)16-3)19-9-8-18-7-6-17-5-4-15-2/h11-14H,4-10H2,1-3H3. The summed E-state index contributed by atoms with van der Waals surface area (Å²) >= 11 is 0. The zero-order valence-electron chi connectivity index (χ0n) is 12.2. The highest BCUT2D eigenvalue weighted by atomic mass is 16.6. The first-order valence-corrected chi connectivity index (χ1v) is 6.79. The molecule has 1 N–H and O–H groups in total. The molecule has 114 valence electrons. The van der Waals surface area contributed by atoms with Crippen LogP contribution in [0.1, 0.15) is 6.42 Å². The molecule has 3 unspecified atom stereocenters. The van der Waals surface area contributed by atoms with Crippen molar-refractivity contribution in [2.45, 2.75) is 24.7 Å². The molecule has 0 amide bonds. The van der Waals surface area contributed by atoms with Crippen LogP contribution in [0.4, 0.5) is 0 Å². The minimum Gasteiger partial charge on any atom is -0.382 e. The summed E-state index contributed by atoms with van der Waals surface area (Å²) in [5.41, 5.74) is 0. The van der Waals surface area contributed by atoms with Crippen molar-refractivity contribution in [3.63, 3.8) is 0 Å². The lowest BCUT2D eigenvalue weighted by molar-refractivity contribution is -0.140. The Morgan fingerprint density at radius 1 is 0.947 bits per heavy atom. The fourth-order valence-corrected chi connectivity index (χ4v) is 2.07. The Morgan fingerprint density at radius 3 is 2.16 bits per heavy atom. The predicted molar refractivity (Wildman–Crippen MR) is 71.5 cm³/mol. The molecular weight excluding hydrogens is 250 g/mol. The van der Waals surface area contributed by atoms with E-state index in [2.05, 4.69) is 5.32 Å². The quantitative estimate of drug-likeness (QED) is 0.509. The molecule has 0 aromatic carbocycles. The highest BCUT2D eigenvalue weighted by Gasteiger charge is 2.41. The first-order chi connectivity index (χ1) is 9.33. The van der Waals surface area contributed by atoms with Crippen LogP contribution in [0.2, 0.25) is 0 Å². The smallest absolute Gasteiger partial charge is 0.0986 e. The zero-order valence-corrected chi connectivity index (χ0v) is 12.2. The maximum Gasteiger partial charge on any atom is 0.0986 e. The molecule has 6 nitrogen and oxygen atoms in total. The fraction of sp³-hybridized carbons (Fsp3) is 1.00. The van der Waals surface area contributed by atoms with Crippen molar-refractivity contribution in [1.29, 1.82) is 0 Å². The normalized spacial score (nSPS) is 26.4. The zero-order chi connectivity index (χ0) is 13.9. The lowest BCUT2D eigenvalue weighted by Gasteiger charge is -2.42. The summed E-state index contributed by atoms with van der Waals surface area (Å²) in [5.74, 6) is 0. The second-order valence-electron chi connectivity index (χ2n) is 4.46. The van der Waals surface area contributed by atoms with Crippen LogP contribution < -0.4 is 5.32 Å². The lowest BCUT2D eigenvalue weighted by atomic mass is 9.85. The molecule has 0 saturated heterocycles. The van der Waals surface area contributed by atoms with Gasteiger partial charge in [0, 0.05) is 20.3 Å². The van der Waals surface area contributed by atoms with Crippen molar-refractivity contribution in [3.05, 3.63) is 0 Å². The molecule has 3 atom stereocenters. The summed E-state index contributed by atoms with van der Waals surface area (Å²) in [6.07, 6.45) is 1.33. The number of nitrogens with one attached hydrogen (secondary N) is 1. The Labute approximate surface area is 115 Å². The van der Waals surface area contributed by atoms with E-state index in [0.29, 0.717) is 45.7 Å². The van der Waals surface area contributed by atoms with Crippen LogP contribution in [0, 0.1) is 0 Å². The maximum absolute atomic E-state index is 5.71. The first-order valence-electron chi connectivity index (χ1n) is 6.79. The number of hydrogen-bond acceptors (Lipinski definition) is 6. The summed E-state index contributed by atoms with van der Waals surface area (Å²) in [7, 11) is 5.32. The van der Waals surface area contributed by atoms with Crippen LogP contribution in [0.3, 0.4) is 0 Å². The van der Waals surface area contributed by atoms with Crippen LogP contribution in [-0.2, 0) is 23.7 Å². The van der Waals surface area contributed by atoms with Gasteiger partial charge in [-0.2, -0.15) is 0 Å². The molecule has 0 radical (unpaired) electrons. The van der Waals surface area contributed by atoms with Gasteiger partial charge in [-0.15, -0.1) is 0 Å². The Bertz CT molecular complexity index is 217. The molecule has 1 aliphatic rings. The van der Waals surface area contributed by atoms with Gasteiger partial charge in [0.25, 0.3) is 0 Å². The average Bonchev–Trinajstić information content (AvgIpc) is 2.40. The van der Waals surface area contributed by atoms with Gasteiger partial charge < -0.3 is 29.0 Å². The van der Waals surface area contributed by atoms with Gasteiger partial charge >= 0.3 is 0 Å². The Kier molecular flexibility index (Phi) is 9.32. The van der Waals surface area contributed by atoms with Gasteiger partial charge in [0.05, 0.1) is 51.8 Å². The topological polar surface area (TPSA) is 58.2 Å². The third-order valence-electron chi connectivity index (χ3n) is 3.26. The molecule has 1 saturated carbocycles. The molecule has 0 bridgehead atoms. The van der Waals surface area contributed by atoms with E-state index in [1.54, 1.807) is 14.2 Å². The SMILES string of the molecule is CNC1CC(OCCOCCOCCOC)C1OC. The summed E-state index contributed by atoms with van der Waals surface area (Å²) in [5, 5.41) is 3.20. The van der Waals surface area contributed by atoms with Gasteiger partial charge in [-0.25, -0.2) is 0 Å². The second kappa shape index (κ2) is 10.5. The minimum absolute atomic E-state index is 0.155. The average molecular weight is 277 g/mol. The van der Waals surface area contributed by atoms with Gasteiger partial charge in [-0.3, -0.25) is 0 Å². The minimum atomic E-state index is 0.155. The van der Waals surface area contributed by atoms with E-state index in [-0.39, 0.29) is 12.2 Å². The van der Waals surface area contributed by atoms with Crippen LogP contribution in [0.15, 0.2) is 0 Å². The number of rotatable bonds is 12. The summed E-state index contributed by atoms with van der Waals surface area (Å²) in [6.45, 7) is 3.60. The molecule has 6 heteroatoms. The lowest BCUT2D eigenvalue weighted by Crippen LogP contribution is -2.59. The highest BCUT2D eigenvalue weighted by Crippen LogP contribution is 2.26. The number of hydrogen-bond donors (Lipinski definition) is 1. The molecule has 0 aromatic heterocycles. The van der Waals surface area contributed by atoms with Crippen molar-refractivity contribution >= 4 is 0 Å². The van der Waals surface area contributed by atoms with Crippen LogP contribution in [0.5, 0.6) is 0 Å². The monoisotopic (exact) mass is 277 g/mol. The molecule has 1 fully saturated rings. The van der Waals surface area contributed by atoms with Gasteiger partial charge in [-0.05, 0) is 13.5 Å². The van der Waals surface area contributed by atoms with E-state index in [9.17, 15) is 0 Å². The van der Waals surface area contributed by atoms with E-state index >= 15 is 0 Å². The molecule has 0 heterocycles. The predicted octanol–water partition coefficient (Wildman–Crippen LogP) is 0.0579. The summed E-state index contributed by atoms with van der Waals surface area (Å²) in [6, 6.07) is 0.408. The Balaban J connectivity index is 1.86. The molecule has 0 aromatic rings. The van der Waals surface area contributed by atoms with Gasteiger partial charge in [0.1, 0.15) is 0 Å². The first kappa shape index (κ1) is 16.8. The van der Waals surface area contributed by atoms with E-state index < -0.39 is 0 Å². The van der Waals surface area contributed by atoms with Gasteiger partial charge in [0.15, 0.2) is 0 Å². The van der Waals surface area contributed by atoms with E-state index in [1.807, 2.05) is 7.05 Å². The number of likely N-dealkylation sites (N-methyl/N-ethyl adjacent to an activating group) is 1. The molecule has 1 aliphatic carbocycles. The third kappa shape index (κ3) is 6.16. The third-order valence-corrected chi connectivity index (χ3v) is 3.26. The summed E-state index contributed by atoms with van der Waals surface area (Å²) in [4.78, 5) is 0. The Morgan fingerprint density at radius 2 is 1.58 bits per heavy atom. The van der Waals surface area contributed by atoms with Crippen LogP contribution in [0.25, 0.3) is 0 Å². The van der Waals surface area contributed by atoms with Crippen molar-refractivity contribution in [2.75, 3.05) is 60.9 Å². The number of methoxy groups -OCH3 is 2. The second-order valence-corrected chi connectivity index (χ2v) is 4.46. The van der Waals surface area contributed by atoms with E-state index in [4.69, 9.17) is 23.7 Å². The molecule has 19 heavy (non-hydrogen) atoms. The number of ether oxygens (including phenoxy) is 5. The molecule has 0 aliphatic heterocycles. The highest BCUT2D eigenvalue weighted by molar-refractivity contribution is 4.96. The molecule has 0 spiro atoms. The van der Waals surface area contributed by atoms with Gasteiger partial charge in [0.2, 0.25) is 0 Å². The molecular formula is C13H27NO5. The maximum atomic E-state index is 5.71. The van der Waals surface area contributed by atoms with E-state index in [0.717, 1.165) is 6.42 Å². The van der Waals surface area contributed by atoms with Crippen molar-refractivity contribution in [1.82, 2.24) is 5.32 Å². The van der Waals surface area contributed by atoms with Gasteiger partial charge in [-0.1, -0.05) is 0 Å².